The zero-order valence-electron chi connectivity index (χ0n) is 15.0. The van der Waals surface area contributed by atoms with Crippen LogP contribution in [-0.4, -0.2) is 30.6 Å². The molecule has 1 saturated heterocycles. The van der Waals surface area contributed by atoms with Crippen molar-refractivity contribution in [3.63, 3.8) is 0 Å². The molecule has 3 rings (SSSR count). The number of hydrogen-bond donors (Lipinski definition) is 2. The van der Waals surface area contributed by atoms with Gasteiger partial charge in [-0.1, -0.05) is 49.4 Å². The number of nitrogens with zero attached hydrogens (tertiary/aromatic N) is 1. The lowest BCUT2D eigenvalue weighted by atomic mass is 9.87. The van der Waals surface area contributed by atoms with Gasteiger partial charge in [0.15, 0.2) is 6.67 Å². The lowest BCUT2D eigenvalue weighted by molar-refractivity contribution is -0.901. The Balaban J connectivity index is 1.76. The minimum atomic E-state index is -1.02. The first-order chi connectivity index (χ1) is 12.5. The molecule has 1 fully saturated rings. The predicted molar refractivity (Wildman–Crippen MR) is 95.6 cm³/mol. The smallest absolute Gasteiger partial charge is 0.319 e. The lowest BCUT2D eigenvalue weighted by Gasteiger charge is -2.26. The van der Waals surface area contributed by atoms with Gasteiger partial charge in [0.05, 0.1) is 7.05 Å². The number of imide groups is 1. The normalized spacial score (nSPS) is 21.0. The molecule has 2 atom stereocenters. The largest absolute Gasteiger partial charge is 0.329 e. The van der Waals surface area contributed by atoms with Gasteiger partial charge in [-0.15, -0.1) is 0 Å². The summed E-state index contributed by atoms with van der Waals surface area (Å²) in [6.45, 7) is 2.62. The van der Waals surface area contributed by atoms with E-state index in [9.17, 15) is 14.0 Å². The van der Waals surface area contributed by atoms with Crippen LogP contribution in [0.15, 0.2) is 54.6 Å². The van der Waals surface area contributed by atoms with Crippen molar-refractivity contribution in [3.8, 4) is 0 Å². The molecule has 1 aliphatic heterocycles. The highest BCUT2D eigenvalue weighted by molar-refractivity contribution is 6.07. The number of benzene rings is 2. The zero-order valence-corrected chi connectivity index (χ0v) is 15.0. The SMILES string of the molecule is CC[C@]1(c2ccccc2)NC(=O)N(C[NH+](C)Cc2cccc(F)c2)C1=O. The van der Waals surface area contributed by atoms with Gasteiger partial charge in [-0.25, -0.2) is 14.1 Å². The molecule has 26 heavy (non-hydrogen) atoms. The summed E-state index contributed by atoms with van der Waals surface area (Å²) in [4.78, 5) is 27.7. The van der Waals surface area contributed by atoms with Gasteiger partial charge in [-0.3, -0.25) is 4.79 Å². The molecule has 1 unspecified atom stereocenters. The molecule has 1 heterocycles. The fourth-order valence-corrected chi connectivity index (χ4v) is 3.45. The van der Waals surface area contributed by atoms with Crippen molar-refractivity contribution >= 4 is 11.9 Å². The topological polar surface area (TPSA) is 53.9 Å². The van der Waals surface area contributed by atoms with Crippen LogP contribution in [0.1, 0.15) is 24.5 Å². The first-order valence-electron chi connectivity index (χ1n) is 8.71. The minimum Gasteiger partial charge on any atom is -0.319 e. The van der Waals surface area contributed by atoms with E-state index in [0.29, 0.717) is 13.0 Å². The van der Waals surface area contributed by atoms with Crippen molar-refractivity contribution in [3.05, 3.63) is 71.5 Å². The van der Waals surface area contributed by atoms with Crippen molar-refractivity contribution in [2.45, 2.75) is 25.4 Å². The molecule has 3 amide bonds. The second-order valence-electron chi connectivity index (χ2n) is 6.71. The summed E-state index contributed by atoms with van der Waals surface area (Å²) < 4.78 is 13.3. The molecular weight excluding hydrogens is 333 g/mol. The number of halogens is 1. The molecule has 0 bridgehead atoms. The van der Waals surface area contributed by atoms with Crippen LogP contribution in [0.25, 0.3) is 0 Å². The van der Waals surface area contributed by atoms with E-state index in [4.69, 9.17) is 0 Å². The van der Waals surface area contributed by atoms with Crippen LogP contribution in [0.2, 0.25) is 0 Å². The molecule has 2 aromatic carbocycles. The highest BCUT2D eigenvalue weighted by Crippen LogP contribution is 2.31. The third-order valence-corrected chi connectivity index (χ3v) is 4.80. The predicted octanol–water partition coefficient (Wildman–Crippen LogP) is 1.66. The van der Waals surface area contributed by atoms with E-state index < -0.39 is 5.54 Å². The van der Waals surface area contributed by atoms with Crippen molar-refractivity contribution < 1.29 is 18.9 Å². The number of nitrogens with one attached hydrogen (secondary N) is 2. The molecule has 0 saturated carbocycles. The Morgan fingerprint density at radius 3 is 2.50 bits per heavy atom. The highest BCUT2D eigenvalue weighted by atomic mass is 19.1. The van der Waals surface area contributed by atoms with E-state index in [2.05, 4.69) is 5.32 Å². The molecule has 2 N–H and O–H groups in total. The molecule has 6 heteroatoms. The van der Waals surface area contributed by atoms with Crippen LogP contribution in [0, 0.1) is 5.82 Å². The van der Waals surface area contributed by atoms with Gasteiger partial charge in [-0.2, -0.15) is 0 Å². The van der Waals surface area contributed by atoms with Crippen LogP contribution in [0.4, 0.5) is 9.18 Å². The summed E-state index contributed by atoms with van der Waals surface area (Å²) >= 11 is 0. The van der Waals surface area contributed by atoms with Gasteiger partial charge in [0.25, 0.3) is 5.91 Å². The number of quaternary nitrogens is 1. The third kappa shape index (κ3) is 3.32. The average Bonchev–Trinajstić information content (AvgIpc) is 2.87. The summed E-state index contributed by atoms with van der Waals surface area (Å²) in [5.41, 5.74) is 0.586. The summed E-state index contributed by atoms with van der Waals surface area (Å²) in [6, 6.07) is 15.3. The molecule has 0 radical (unpaired) electrons. The molecule has 0 aliphatic carbocycles. The Morgan fingerprint density at radius 1 is 1.12 bits per heavy atom. The number of amides is 3. The van der Waals surface area contributed by atoms with Crippen LogP contribution in [0.3, 0.4) is 0 Å². The summed E-state index contributed by atoms with van der Waals surface area (Å²) in [7, 11) is 1.87. The molecule has 2 aromatic rings. The fourth-order valence-electron chi connectivity index (χ4n) is 3.45. The molecule has 1 aliphatic rings. The Kier molecular flexibility index (Phi) is 5.04. The number of carbonyl (C=O) groups is 2. The van der Waals surface area contributed by atoms with E-state index in [0.717, 1.165) is 16.0 Å². The summed E-state index contributed by atoms with van der Waals surface area (Å²) in [5, 5.41) is 2.88. The van der Waals surface area contributed by atoms with Crippen molar-refractivity contribution in [2.24, 2.45) is 0 Å². The van der Waals surface area contributed by atoms with Crippen molar-refractivity contribution in [2.75, 3.05) is 13.7 Å². The van der Waals surface area contributed by atoms with Gasteiger partial charge in [-0.05, 0) is 24.1 Å². The quantitative estimate of drug-likeness (QED) is 0.774. The molecule has 136 valence electrons. The van der Waals surface area contributed by atoms with Crippen LogP contribution in [0.5, 0.6) is 0 Å². The van der Waals surface area contributed by atoms with E-state index in [1.807, 2.05) is 50.4 Å². The summed E-state index contributed by atoms with van der Waals surface area (Å²) in [6.07, 6.45) is 0.473. The number of urea groups is 1. The Morgan fingerprint density at radius 2 is 1.85 bits per heavy atom. The van der Waals surface area contributed by atoms with Gasteiger partial charge >= 0.3 is 6.03 Å². The van der Waals surface area contributed by atoms with E-state index >= 15 is 0 Å². The maximum Gasteiger partial charge on any atom is 0.329 e. The third-order valence-electron chi connectivity index (χ3n) is 4.80. The maximum absolute atomic E-state index is 13.3. The number of carbonyl (C=O) groups excluding carboxylic acids is 2. The van der Waals surface area contributed by atoms with E-state index in [-0.39, 0.29) is 24.4 Å². The average molecular weight is 356 g/mol. The van der Waals surface area contributed by atoms with Crippen LogP contribution >= 0.6 is 0 Å². The monoisotopic (exact) mass is 356 g/mol. The van der Waals surface area contributed by atoms with Gasteiger partial charge in [0, 0.05) is 5.56 Å². The summed E-state index contributed by atoms with van der Waals surface area (Å²) in [5.74, 6) is -0.533. The first kappa shape index (κ1) is 18.1. The zero-order chi connectivity index (χ0) is 18.7. The second-order valence-corrected chi connectivity index (χ2v) is 6.71. The van der Waals surface area contributed by atoms with E-state index in [1.165, 1.54) is 17.0 Å². The molecule has 0 spiro atoms. The Labute approximate surface area is 152 Å². The fraction of sp³-hybridized carbons (Fsp3) is 0.300. The van der Waals surface area contributed by atoms with Crippen molar-refractivity contribution in [1.29, 1.82) is 0 Å². The Hall–Kier alpha value is -2.73. The van der Waals surface area contributed by atoms with E-state index in [1.54, 1.807) is 6.07 Å². The van der Waals surface area contributed by atoms with Crippen molar-refractivity contribution in [1.82, 2.24) is 10.2 Å². The Bertz CT molecular complexity index is 812. The molecule has 0 aromatic heterocycles. The van der Waals surface area contributed by atoms with Crippen LogP contribution < -0.4 is 10.2 Å². The maximum atomic E-state index is 13.3. The highest BCUT2D eigenvalue weighted by Gasteiger charge is 2.52. The molecule has 5 nitrogen and oxygen atoms in total. The van der Waals surface area contributed by atoms with Gasteiger partial charge in [0.1, 0.15) is 17.9 Å². The lowest BCUT2D eigenvalue weighted by Crippen LogP contribution is -3.09. The molecular formula is C20H23FN3O2+. The number of rotatable bonds is 6. The first-order valence-corrected chi connectivity index (χ1v) is 8.71. The van der Waals surface area contributed by atoms with Gasteiger partial charge in [0.2, 0.25) is 0 Å². The van der Waals surface area contributed by atoms with Crippen LogP contribution in [-0.2, 0) is 16.9 Å². The van der Waals surface area contributed by atoms with Gasteiger partial charge < -0.3 is 10.2 Å². The standard InChI is InChI=1S/C20H22FN3O2/c1-3-20(16-9-5-4-6-10-16)18(25)24(19(26)22-20)14-23(2)13-15-8-7-11-17(21)12-15/h4-12H,3,13-14H2,1-2H3,(H,22,26)/p+1/t20-/m1/s1. The number of hydrogen-bond acceptors (Lipinski definition) is 2. The minimum absolute atomic E-state index is 0.218. The second kappa shape index (κ2) is 7.25.